The van der Waals surface area contributed by atoms with Crippen LogP contribution in [0.3, 0.4) is 0 Å². The van der Waals surface area contributed by atoms with Gasteiger partial charge in [0.15, 0.2) is 0 Å². The summed E-state index contributed by atoms with van der Waals surface area (Å²) in [5.41, 5.74) is 0.981. The van der Waals surface area contributed by atoms with Crippen molar-refractivity contribution in [2.24, 2.45) is 5.92 Å². The zero-order valence-corrected chi connectivity index (χ0v) is 11.9. The zero-order chi connectivity index (χ0) is 14.4. The minimum Gasteiger partial charge on any atom is -0.323 e. The third kappa shape index (κ3) is 2.48. The predicted molar refractivity (Wildman–Crippen MR) is 77.7 cm³/mol. The van der Waals surface area contributed by atoms with Crippen molar-refractivity contribution in [1.82, 2.24) is 9.80 Å². The first-order chi connectivity index (χ1) is 10.2. The summed E-state index contributed by atoms with van der Waals surface area (Å²) in [6.45, 7) is 1.39. The fraction of sp³-hybridized carbons (Fsp3) is 0.471. The molecule has 1 aromatic carbocycles. The Morgan fingerprint density at radius 3 is 2.81 bits per heavy atom. The number of amides is 1. The Morgan fingerprint density at radius 2 is 2.14 bits per heavy atom. The van der Waals surface area contributed by atoms with Crippen LogP contribution >= 0.6 is 0 Å². The molecule has 3 aliphatic rings. The number of likely N-dealkylation sites (tertiary alicyclic amines) is 1. The van der Waals surface area contributed by atoms with Gasteiger partial charge >= 0.3 is 0 Å². The second kappa shape index (κ2) is 4.95. The highest BCUT2D eigenvalue weighted by Crippen LogP contribution is 2.35. The van der Waals surface area contributed by atoms with E-state index >= 15 is 0 Å². The van der Waals surface area contributed by atoms with Gasteiger partial charge in [0.1, 0.15) is 5.82 Å². The van der Waals surface area contributed by atoms with Crippen LogP contribution in [0.15, 0.2) is 36.4 Å². The smallest absolute Gasteiger partial charge is 0.231 e. The lowest BCUT2D eigenvalue weighted by atomic mass is 10.1. The van der Waals surface area contributed by atoms with E-state index in [1.807, 2.05) is 17.0 Å². The Morgan fingerprint density at radius 1 is 1.29 bits per heavy atom. The number of halogens is 1. The Bertz CT molecular complexity index is 596. The van der Waals surface area contributed by atoms with Gasteiger partial charge < -0.3 is 4.90 Å². The lowest BCUT2D eigenvalue weighted by Crippen LogP contribution is -2.44. The molecule has 1 saturated carbocycles. The molecule has 0 N–H and O–H groups in total. The minimum absolute atomic E-state index is 0.102. The summed E-state index contributed by atoms with van der Waals surface area (Å²) in [5, 5.41) is 0. The fourth-order valence-electron chi connectivity index (χ4n) is 3.44. The maximum atomic E-state index is 13.3. The van der Waals surface area contributed by atoms with Gasteiger partial charge in [-0.2, -0.15) is 0 Å². The molecule has 2 fully saturated rings. The molecule has 1 saturated heterocycles. The van der Waals surface area contributed by atoms with E-state index in [4.69, 9.17) is 0 Å². The highest BCUT2D eigenvalue weighted by Gasteiger charge is 2.42. The highest BCUT2D eigenvalue weighted by molar-refractivity contribution is 5.85. The van der Waals surface area contributed by atoms with Gasteiger partial charge in [-0.3, -0.25) is 9.69 Å². The first-order valence-corrected chi connectivity index (χ1v) is 7.68. The van der Waals surface area contributed by atoms with E-state index in [9.17, 15) is 9.18 Å². The van der Waals surface area contributed by atoms with Gasteiger partial charge in [0.05, 0.1) is 18.6 Å². The molecule has 21 heavy (non-hydrogen) atoms. The Balaban J connectivity index is 1.48. The summed E-state index contributed by atoms with van der Waals surface area (Å²) >= 11 is 0. The van der Waals surface area contributed by atoms with Gasteiger partial charge in [-0.25, -0.2) is 4.39 Å². The molecule has 1 aliphatic heterocycles. The van der Waals surface area contributed by atoms with E-state index in [1.165, 1.54) is 18.9 Å². The van der Waals surface area contributed by atoms with Crippen LogP contribution < -0.4 is 0 Å². The number of hydrogen-bond acceptors (Lipinski definition) is 2. The van der Waals surface area contributed by atoms with Crippen LogP contribution in [0.1, 0.15) is 24.8 Å². The molecule has 110 valence electrons. The summed E-state index contributed by atoms with van der Waals surface area (Å²) in [5.74, 6) is 0.167. The van der Waals surface area contributed by atoms with Crippen LogP contribution in [-0.2, 0) is 11.3 Å². The normalized spacial score (nSPS) is 27.1. The number of rotatable bonds is 5. The number of hydrogen-bond donors (Lipinski definition) is 0. The molecule has 0 spiro atoms. The lowest BCUT2D eigenvalue weighted by Gasteiger charge is -2.32. The Kier molecular flexibility index (Phi) is 3.07. The molecule has 1 aromatic rings. The Labute approximate surface area is 124 Å². The van der Waals surface area contributed by atoms with Gasteiger partial charge in [0.2, 0.25) is 5.91 Å². The molecule has 2 atom stereocenters. The quantitative estimate of drug-likeness (QED) is 0.777. The van der Waals surface area contributed by atoms with Crippen LogP contribution in [0, 0.1) is 11.7 Å². The molecule has 4 rings (SSSR count). The zero-order valence-electron chi connectivity index (χ0n) is 11.9. The van der Waals surface area contributed by atoms with Crippen molar-refractivity contribution in [2.45, 2.75) is 37.9 Å². The largest absolute Gasteiger partial charge is 0.323 e. The topological polar surface area (TPSA) is 23.6 Å². The molecule has 0 radical (unpaired) electrons. The van der Waals surface area contributed by atoms with Gasteiger partial charge in [-0.15, -0.1) is 0 Å². The van der Waals surface area contributed by atoms with Crippen molar-refractivity contribution < 1.29 is 9.18 Å². The lowest BCUT2D eigenvalue weighted by molar-refractivity contribution is -0.133. The molecule has 2 bridgehead atoms. The first-order valence-electron chi connectivity index (χ1n) is 7.68. The number of carbonyl (C=O) groups is 1. The van der Waals surface area contributed by atoms with Gasteiger partial charge in [-0.1, -0.05) is 24.3 Å². The fourth-order valence-corrected chi connectivity index (χ4v) is 3.44. The molecular weight excluding hydrogens is 267 g/mol. The van der Waals surface area contributed by atoms with Crippen molar-refractivity contribution in [1.29, 1.82) is 0 Å². The standard InChI is InChI=1S/C17H19FN2O/c18-14-3-1-2-12(8-14)10-19(15-6-7-15)11-20-16-5-4-13(9-16)17(20)21/h1-5,8,13,15-16H,6-7,9-11H2/t13-,16-/m0/s1. The molecule has 4 heteroatoms. The van der Waals surface area contributed by atoms with Crippen molar-refractivity contribution in [3.63, 3.8) is 0 Å². The van der Waals surface area contributed by atoms with Crippen LogP contribution in [0.2, 0.25) is 0 Å². The maximum absolute atomic E-state index is 13.3. The third-order valence-electron chi connectivity index (χ3n) is 4.73. The van der Waals surface area contributed by atoms with Crippen LogP contribution in [0.25, 0.3) is 0 Å². The molecule has 3 nitrogen and oxygen atoms in total. The van der Waals surface area contributed by atoms with Crippen molar-refractivity contribution >= 4 is 5.91 Å². The number of carbonyl (C=O) groups excluding carboxylic acids is 1. The number of benzene rings is 1. The van der Waals surface area contributed by atoms with Crippen LogP contribution in [-0.4, -0.2) is 34.5 Å². The molecule has 1 amide bonds. The van der Waals surface area contributed by atoms with Crippen molar-refractivity contribution in [3.8, 4) is 0 Å². The SMILES string of the molecule is O=C1[C@H]2C=C[C@@H](C2)N1CN(Cc1cccc(F)c1)C1CC1. The van der Waals surface area contributed by atoms with Gasteiger partial charge in [0, 0.05) is 12.6 Å². The van der Waals surface area contributed by atoms with Crippen molar-refractivity contribution in [2.75, 3.05) is 6.67 Å². The average Bonchev–Trinajstić information content (AvgIpc) is 3.13. The van der Waals surface area contributed by atoms with E-state index in [0.717, 1.165) is 12.0 Å². The highest BCUT2D eigenvalue weighted by atomic mass is 19.1. The Hall–Kier alpha value is -1.68. The molecule has 0 unspecified atom stereocenters. The van der Waals surface area contributed by atoms with E-state index in [-0.39, 0.29) is 23.7 Å². The maximum Gasteiger partial charge on any atom is 0.231 e. The molecule has 1 heterocycles. The van der Waals surface area contributed by atoms with Gasteiger partial charge in [0.25, 0.3) is 0 Å². The summed E-state index contributed by atoms with van der Waals surface area (Å²) < 4.78 is 13.3. The third-order valence-corrected chi connectivity index (χ3v) is 4.73. The van der Waals surface area contributed by atoms with Gasteiger partial charge in [-0.05, 0) is 37.0 Å². The van der Waals surface area contributed by atoms with E-state index in [0.29, 0.717) is 19.3 Å². The monoisotopic (exact) mass is 286 g/mol. The molecular formula is C17H19FN2O. The summed E-state index contributed by atoms with van der Waals surface area (Å²) in [6, 6.07) is 7.59. The minimum atomic E-state index is -0.192. The molecule has 0 aromatic heterocycles. The summed E-state index contributed by atoms with van der Waals surface area (Å²) in [4.78, 5) is 16.5. The van der Waals surface area contributed by atoms with E-state index in [2.05, 4.69) is 11.0 Å². The molecule has 2 aliphatic carbocycles. The van der Waals surface area contributed by atoms with E-state index in [1.54, 1.807) is 12.1 Å². The predicted octanol–water partition coefficient (Wildman–Crippen LogP) is 2.53. The van der Waals surface area contributed by atoms with Crippen LogP contribution in [0.4, 0.5) is 4.39 Å². The number of fused-ring (bicyclic) bond motifs is 2. The van der Waals surface area contributed by atoms with Crippen LogP contribution in [0.5, 0.6) is 0 Å². The summed E-state index contributed by atoms with van der Waals surface area (Å²) in [7, 11) is 0. The second-order valence-electron chi connectivity index (χ2n) is 6.35. The van der Waals surface area contributed by atoms with Crippen molar-refractivity contribution in [3.05, 3.63) is 47.8 Å². The summed E-state index contributed by atoms with van der Waals surface area (Å²) in [6.07, 6.45) is 7.50. The first kappa shape index (κ1) is 13.0. The second-order valence-corrected chi connectivity index (χ2v) is 6.35. The van der Waals surface area contributed by atoms with E-state index < -0.39 is 0 Å². The number of nitrogens with zero attached hydrogens (tertiary/aromatic N) is 2. The average molecular weight is 286 g/mol.